The summed E-state index contributed by atoms with van der Waals surface area (Å²) in [7, 11) is 0. The Balaban J connectivity index is 2.38. The summed E-state index contributed by atoms with van der Waals surface area (Å²) in [4.78, 5) is 11.5. The maximum Gasteiger partial charge on any atom is 0.323 e. The fourth-order valence-corrected chi connectivity index (χ4v) is 1.43. The zero-order valence-electron chi connectivity index (χ0n) is 8.72. The van der Waals surface area contributed by atoms with Gasteiger partial charge in [0.1, 0.15) is 11.6 Å². The van der Waals surface area contributed by atoms with Crippen molar-refractivity contribution in [3.8, 4) is 0 Å². The average Bonchev–Trinajstić information content (AvgIpc) is 2.03. The topological polar surface area (TPSA) is 38.3 Å². The van der Waals surface area contributed by atoms with Gasteiger partial charge in [0.2, 0.25) is 0 Å². The lowest BCUT2D eigenvalue weighted by molar-refractivity contribution is -0.158. The Morgan fingerprint density at radius 3 is 2.54 bits per heavy atom. The molecule has 0 radical (unpaired) electrons. The Bertz CT molecular complexity index is 178. The van der Waals surface area contributed by atoms with E-state index in [4.69, 9.17) is 4.74 Å². The van der Waals surface area contributed by atoms with E-state index >= 15 is 0 Å². The summed E-state index contributed by atoms with van der Waals surface area (Å²) in [6.07, 6.45) is 3.20. The maximum absolute atomic E-state index is 11.5. The van der Waals surface area contributed by atoms with Gasteiger partial charge in [0.05, 0.1) is 0 Å². The molecule has 0 aromatic rings. The third-order valence-electron chi connectivity index (χ3n) is 2.00. The van der Waals surface area contributed by atoms with Crippen molar-refractivity contribution >= 4 is 5.97 Å². The number of hydrogen-bond donors (Lipinski definition) is 1. The molecule has 0 amide bonds. The number of nitrogens with one attached hydrogen (secondary N) is 1. The molecule has 1 atom stereocenters. The van der Waals surface area contributed by atoms with Gasteiger partial charge in [-0.3, -0.25) is 4.79 Å². The second-order valence-electron chi connectivity index (χ2n) is 4.54. The largest absolute Gasteiger partial charge is 0.459 e. The van der Waals surface area contributed by atoms with Crippen molar-refractivity contribution in [2.45, 2.75) is 51.7 Å². The number of rotatable bonds is 1. The van der Waals surface area contributed by atoms with Crippen LogP contribution in [0, 0.1) is 0 Å². The van der Waals surface area contributed by atoms with Gasteiger partial charge in [0.25, 0.3) is 0 Å². The number of hydrogen-bond acceptors (Lipinski definition) is 3. The van der Waals surface area contributed by atoms with Crippen LogP contribution < -0.4 is 5.32 Å². The van der Waals surface area contributed by atoms with Crippen LogP contribution in [-0.2, 0) is 9.53 Å². The van der Waals surface area contributed by atoms with Crippen molar-refractivity contribution in [1.29, 1.82) is 0 Å². The smallest absolute Gasteiger partial charge is 0.323 e. The molecule has 0 spiro atoms. The summed E-state index contributed by atoms with van der Waals surface area (Å²) in [5, 5.41) is 3.17. The Morgan fingerprint density at radius 1 is 1.38 bits per heavy atom. The Hall–Kier alpha value is -0.570. The van der Waals surface area contributed by atoms with Gasteiger partial charge < -0.3 is 10.1 Å². The fraction of sp³-hybridized carbons (Fsp3) is 0.900. The molecule has 0 aliphatic carbocycles. The highest BCUT2D eigenvalue weighted by atomic mass is 16.6. The van der Waals surface area contributed by atoms with Gasteiger partial charge in [0.15, 0.2) is 0 Å². The van der Waals surface area contributed by atoms with E-state index < -0.39 is 0 Å². The summed E-state index contributed by atoms with van der Waals surface area (Å²) in [6, 6.07) is -0.0759. The first kappa shape index (κ1) is 10.5. The minimum absolute atomic E-state index is 0.0759. The molecule has 0 aromatic heterocycles. The van der Waals surface area contributed by atoms with Gasteiger partial charge in [-0.1, -0.05) is 6.42 Å². The van der Waals surface area contributed by atoms with Crippen molar-refractivity contribution in [2.75, 3.05) is 6.54 Å². The molecule has 1 fully saturated rings. The first-order chi connectivity index (χ1) is 5.99. The molecule has 3 heteroatoms. The molecule has 1 saturated heterocycles. The van der Waals surface area contributed by atoms with Crippen LogP contribution in [0.4, 0.5) is 0 Å². The van der Waals surface area contributed by atoms with E-state index in [1.807, 2.05) is 20.8 Å². The van der Waals surface area contributed by atoms with Crippen molar-refractivity contribution in [3.05, 3.63) is 0 Å². The lowest BCUT2D eigenvalue weighted by Gasteiger charge is -2.26. The minimum atomic E-state index is -0.365. The highest BCUT2D eigenvalue weighted by Crippen LogP contribution is 2.13. The first-order valence-corrected chi connectivity index (χ1v) is 4.95. The van der Waals surface area contributed by atoms with E-state index in [2.05, 4.69) is 5.32 Å². The molecule has 0 saturated carbocycles. The average molecular weight is 185 g/mol. The zero-order valence-corrected chi connectivity index (χ0v) is 8.72. The Labute approximate surface area is 79.8 Å². The van der Waals surface area contributed by atoms with E-state index in [0.29, 0.717) is 0 Å². The predicted octanol–water partition coefficient (Wildman–Crippen LogP) is 1.47. The number of carbonyl (C=O) groups excluding carboxylic acids is 1. The number of carbonyl (C=O) groups is 1. The Morgan fingerprint density at radius 2 is 2.08 bits per heavy atom. The van der Waals surface area contributed by atoms with Crippen LogP contribution in [0.25, 0.3) is 0 Å². The summed E-state index contributed by atoms with van der Waals surface area (Å²) < 4.78 is 5.28. The van der Waals surface area contributed by atoms with Crippen LogP contribution in [0.5, 0.6) is 0 Å². The van der Waals surface area contributed by atoms with E-state index in [1.165, 1.54) is 6.42 Å². The fourth-order valence-electron chi connectivity index (χ4n) is 1.43. The molecule has 1 N–H and O–H groups in total. The molecule has 1 heterocycles. The van der Waals surface area contributed by atoms with E-state index in [9.17, 15) is 4.79 Å². The number of esters is 1. The van der Waals surface area contributed by atoms with Crippen molar-refractivity contribution in [3.63, 3.8) is 0 Å². The SMILES string of the molecule is CC(C)(C)OC(=O)C1CCCCN1. The highest BCUT2D eigenvalue weighted by Gasteiger charge is 2.25. The van der Waals surface area contributed by atoms with E-state index in [-0.39, 0.29) is 17.6 Å². The standard InChI is InChI=1S/C10H19NO2/c1-10(2,3)13-9(12)8-6-4-5-7-11-8/h8,11H,4-7H2,1-3H3. The van der Waals surface area contributed by atoms with Crippen LogP contribution in [0.3, 0.4) is 0 Å². The molecule has 13 heavy (non-hydrogen) atoms. The highest BCUT2D eigenvalue weighted by molar-refractivity contribution is 5.76. The summed E-state index contributed by atoms with van der Waals surface area (Å²) in [5.74, 6) is -0.104. The lowest BCUT2D eigenvalue weighted by atomic mass is 10.0. The molecule has 0 bridgehead atoms. The summed E-state index contributed by atoms with van der Waals surface area (Å²) in [6.45, 7) is 6.62. The molecule has 1 unspecified atom stereocenters. The third kappa shape index (κ3) is 3.77. The second kappa shape index (κ2) is 4.09. The van der Waals surface area contributed by atoms with E-state index in [0.717, 1.165) is 19.4 Å². The maximum atomic E-state index is 11.5. The Kier molecular flexibility index (Phi) is 3.31. The van der Waals surface area contributed by atoms with Crippen LogP contribution in [0.2, 0.25) is 0 Å². The number of ether oxygens (including phenoxy) is 1. The van der Waals surface area contributed by atoms with Gasteiger partial charge in [-0.15, -0.1) is 0 Å². The van der Waals surface area contributed by atoms with Gasteiger partial charge in [0, 0.05) is 0 Å². The zero-order chi connectivity index (χ0) is 9.90. The van der Waals surface area contributed by atoms with Gasteiger partial charge in [-0.05, 0) is 40.2 Å². The molecular weight excluding hydrogens is 166 g/mol. The van der Waals surface area contributed by atoms with Crippen molar-refractivity contribution in [1.82, 2.24) is 5.32 Å². The van der Waals surface area contributed by atoms with Crippen LogP contribution >= 0.6 is 0 Å². The second-order valence-corrected chi connectivity index (χ2v) is 4.54. The first-order valence-electron chi connectivity index (χ1n) is 4.95. The van der Waals surface area contributed by atoms with Crippen LogP contribution in [0.1, 0.15) is 40.0 Å². The van der Waals surface area contributed by atoms with Crippen LogP contribution in [-0.4, -0.2) is 24.2 Å². The van der Waals surface area contributed by atoms with E-state index in [1.54, 1.807) is 0 Å². The van der Waals surface area contributed by atoms with Gasteiger partial charge in [-0.25, -0.2) is 0 Å². The lowest BCUT2D eigenvalue weighted by Crippen LogP contribution is -2.43. The summed E-state index contributed by atoms with van der Waals surface area (Å²) >= 11 is 0. The minimum Gasteiger partial charge on any atom is -0.459 e. The molecule has 1 aliphatic heterocycles. The molecule has 0 aromatic carbocycles. The monoisotopic (exact) mass is 185 g/mol. The third-order valence-corrected chi connectivity index (χ3v) is 2.00. The quantitative estimate of drug-likeness (QED) is 0.629. The molecule has 76 valence electrons. The van der Waals surface area contributed by atoms with Crippen LogP contribution in [0.15, 0.2) is 0 Å². The van der Waals surface area contributed by atoms with Gasteiger partial charge >= 0.3 is 5.97 Å². The molecule has 1 rings (SSSR count). The summed E-state index contributed by atoms with van der Waals surface area (Å²) in [5.41, 5.74) is -0.365. The van der Waals surface area contributed by atoms with Crippen molar-refractivity contribution in [2.24, 2.45) is 0 Å². The number of piperidine rings is 1. The van der Waals surface area contributed by atoms with Crippen molar-refractivity contribution < 1.29 is 9.53 Å². The normalized spacial score (nSPS) is 24.1. The predicted molar refractivity (Wildman–Crippen MR) is 51.5 cm³/mol. The molecular formula is C10H19NO2. The van der Waals surface area contributed by atoms with Gasteiger partial charge in [-0.2, -0.15) is 0 Å². The molecule has 3 nitrogen and oxygen atoms in total. The molecule has 1 aliphatic rings.